The highest BCUT2D eigenvalue weighted by Gasteiger charge is 2.37. The van der Waals surface area contributed by atoms with Gasteiger partial charge in [0.25, 0.3) is 17.7 Å². The van der Waals surface area contributed by atoms with E-state index in [2.05, 4.69) is 21.2 Å². The van der Waals surface area contributed by atoms with Crippen molar-refractivity contribution in [2.45, 2.75) is 18.9 Å². The number of amides is 3. The molecule has 2 aliphatic rings. The zero-order valence-corrected chi connectivity index (χ0v) is 15.2. The third kappa shape index (κ3) is 3.06. The Hall–Kier alpha value is -2.45. The van der Waals surface area contributed by atoms with Crippen LogP contribution in [0, 0.1) is 0 Å². The third-order valence-corrected chi connectivity index (χ3v) is 4.86. The highest BCUT2D eigenvalue weighted by molar-refractivity contribution is 9.10. The van der Waals surface area contributed by atoms with Crippen molar-refractivity contribution in [3.63, 3.8) is 0 Å². The van der Waals surface area contributed by atoms with Crippen LogP contribution in [0.1, 0.15) is 44.1 Å². The van der Waals surface area contributed by atoms with E-state index < -0.39 is 5.91 Å². The molecule has 0 saturated carbocycles. The fourth-order valence-corrected chi connectivity index (χ4v) is 3.46. The van der Waals surface area contributed by atoms with E-state index in [4.69, 9.17) is 9.15 Å². The summed E-state index contributed by atoms with van der Waals surface area (Å²) in [6, 6.07) is 7.81. The molecule has 0 radical (unpaired) electrons. The van der Waals surface area contributed by atoms with Crippen LogP contribution in [0.3, 0.4) is 0 Å². The van der Waals surface area contributed by atoms with E-state index in [9.17, 15) is 14.4 Å². The SMILES string of the molecule is O=C(Nc1ccc2c(c1)C(=O)N(CC1CCCO1)C2=O)c1ccc(Br)o1. The highest BCUT2D eigenvalue weighted by atomic mass is 79.9. The summed E-state index contributed by atoms with van der Waals surface area (Å²) in [6.45, 7) is 0.918. The van der Waals surface area contributed by atoms with Crippen molar-refractivity contribution in [1.29, 1.82) is 0 Å². The molecule has 0 bridgehead atoms. The summed E-state index contributed by atoms with van der Waals surface area (Å²) in [7, 11) is 0. The van der Waals surface area contributed by atoms with Gasteiger partial charge in [0.1, 0.15) is 0 Å². The van der Waals surface area contributed by atoms with Crippen molar-refractivity contribution in [2.75, 3.05) is 18.5 Å². The molecule has 0 spiro atoms. The first-order chi connectivity index (χ1) is 12.5. The zero-order chi connectivity index (χ0) is 18.3. The molecule has 1 N–H and O–H groups in total. The minimum absolute atomic E-state index is 0.103. The number of imide groups is 1. The Morgan fingerprint density at radius 1 is 1.19 bits per heavy atom. The Morgan fingerprint density at radius 2 is 2.00 bits per heavy atom. The number of hydrogen-bond donors (Lipinski definition) is 1. The van der Waals surface area contributed by atoms with E-state index in [1.165, 1.54) is 17.0 Å². The highest BCUT2D eigenvalue weighted by Crippen LogP contribution is 2.28. The van der Waals surface area contributed by atoms with Gasteiger partial charge in [0, 0.05) is 12.3 Å². The van der Waals surface area contributed by atoms with Gasteiger partial charge in [-0.3, -0.25) is 19.3 Å². The zero-order valence-electron chi connectivity index (χ0n) is 13.7. The number of halogens is 1. The second-order valence-electron chi connectivity index (χ2n) is 6.17. The number of ether oxygens (including phenoxy) is 1. The maximum Gasteiger partial charge on any atom is 0.291 e. The molecule has 0 aliphatic carbocycles. The predicted octanol–water partition coefficient (Wildman–Crippen LogP) is 3.07. The Kier molecular flexibility index (Phi) is 4.37. The molecule has 1 saturated heterocycles. The number of fused-ring (bicyclic) bond motifs is 1. The minimum atomic E-state index is -0.441. The van der Waals surface area contributed by atoms with Gasteiger partial charge in [0.15, 0.2) is 10.4 Å². The van der Waals surface area contributed by atoms with Crippen molar-refractivity contribution in [1.82, 2.24) is 4.90 Å². The normalized spacial score (nSPS) is 19.1. The number of rotatable bonds is 4. The number of anilines is 1. The molecule has 3 heterocycles. The summed E-state index contributed by atoms with van der Waals surface area (Å²) in [4.78, 5) is 38.5. The topological polar surface area (TPSA) is 88.9 Å². The van der Waals surface area contributed by atoms with Gasteiger partial charge in [-0.1, -0.05) is 0 Å². The number of carbonyl (C=O) groups excluding carboxylic acids is 3. The Balaban J connectivity index is 1.52. The summed E-state index contributed by atoms with van der Waals surface area (Å²) in [5.74, 6) is -0.992. The number of furan rings is 1. The second-order valence-corrected chi connectivity index (χ2v) is 6.96. The molecule has 1 unspecified atom stereocenters. The fraction of sp³-hybridized carbons (Fsp3) is 0.278. The molecule has 8 heteroatoms. The third-order valence-electron chi connectivity index (χ3n) is 4.44. The summed E-state index contributed by atoms with van der Waals surface area (Å²) in [5.41, 5.74) is 1.04. The van der Waals surface area contributed by atoms with Gasteiger partial charge in [0.2, 0.25) is 0 Å². The van der Waals surface area contributed by atoms with Gasteiger partial charge >= 0.3 is 0 Å². The number of nitrogens with zero attached hydrogens (tertiary/aromatic N) is 1. The van der Waals surface area contributed by atoms with Crippen LogP contribution >= 0.6 is 15.9 Å². The summed E-state index contributed by atoms with van der Waals surface area (Å²) in [5, 5.41) is 2.66. The van der Waals surface area contributed by atoms with Crippen LogP contribution in [0.4, 0.5) is 5.69 Å². The molecule has 1 aromatic heterocycles. The summed E-state index contributed by atoms with van der Waals surface area (Å²) >= 11 is 3.14. The molecule has 3 amide bonds. The smallest absolute Gasteiger partial charge is 0.291 e. The van der Waals surface area contributed by atoms with Crippen LogP contribution in [-0.2, 0) is 4.74 Å². The first kappa shape index (κ1) is 17.0. The molecule has 1 fully saturated rings. The number of benzene rings is 1. The van der Waals surface area contributed by atoms with Crippen LogP contribution in [0.25, 0.3) is 0 Å². The molecule has 2 aliphatic heterocycles. The lowest BCUT2D eigenvalue weighted by Crippen LogP contribution is -2.36. The standard InChI is InChI=1S/C18H15BrN2O5/c19-15-6-5-14(26-15)16(22)20-10-3-4-12-13(8-10)18(24)21(17(12)23)9-11-2-1-7-25-11/h3-6,8,11H,1-2,7,9H2,(H,20,22). The van der Waals surface area contributed by atoms with Gasteiger partial charge in [-0.2, -0.15) is 0 Å². The largest absolute Gasteiger partial charge is 0.444 e. The first-order valence-electron chi connectivity index (χ1n) is 8.21. The quantitative estimate of drug-likeness (QED) is 0.770. The number of nitrogens with one attached hydrogen (secondary N) is 1. The van der Waals surface area contributed by atoms with Gasteiger partial charge in [0.05, 0.1) is 23.8 Å². The molecule has 7 nitrogen and oxygen atoms in total. The maximum absolute atomic E-state index is 12.6. The van der Waals surface area contributed by atoms with Gasteiger partial charge in [-0.15, -0.1) is 0 Å². The lowest BCUT2D eigenvalue weighted by molar-refractivity contribution is 0.0475. The van der Waals surface area contributed by atoms with Gasteiger partial charge in [-0.25, -0.2) is 0 Å². The van der Waals surface area contributed by atoms with E-state index in [-0.39, 0.29) is 35.8 Å². The van der Waals surface area contributed by atoms with E-state index >= 15 is 0 Å². The lowest BCUT2D eigenvalue weighted by Gasteiger charge is -2.17. The average Bonchev–Trinajstić information content (AvgIpc) is 3.34. The van der Waals surface area contributed by atoms with Crippen molar-refractivity contribution in [3.05, 3.63) is 51.9 Å². The van der Waals surface area contributed by atoms with Gasteiger partial charge < -0.3 is 14.5 Å². The van der Waals surface area contributed by atoms with Gasteiger partial charge in [-0.05, 0) is 59.1 Å². The molecule has 2 aromatic rings. The van der Waals surface area contributed by atoms with Crippen LogP contribution in [0.15, 0.2) is 39.4 Å². The molecule has 1 aromatic carbocycles. The fourth-order valence-electron chi connectivity index (χ4n) is 3.16. The Morgan fingerprint density at radius 3 is 2.69 bits per heavy atom. The average molecular weight is 419 g/mol. The molecule has 134 valence electrons. The predicted molar refractivity (Wildman–Crippen MR) is 95.1 cm³/mol. The summed E-state index contributed by atoms with van der Waals surface area (Å²) < 4.78 is 11.2. The van der Waals surface area contributed by atoms with Crippen molar-refractivity contribution in [3.8, 4) is 0 Å². The Bertz CT molecular complexity index is 901. The molecule has 4 rings (SSSR count). The number of carbonyl (C=O) groups is 3. The Labute approximate surface area is 157 Å². The van der Waals surface area contributed by atoms with Crippen molar-refractivity contribution >= 4 is 39.3 Å². The monoisotopic (exact) mass is 418 g/mol. The van der Waals surface area contributed by atoms with E-state index in [0.717, 1.165) is 12.8 Å². The van der Waals surface area contributed by atoms with E-state index in [1.807, 2.05) is 0 Å². The first-order valence-corrected chi connectivity index (χ1v) is 9.01. The van der Waals surface area contributed by atoms with Crippen LogP contribution in [-0.4, -0.2) is 41.9 Å². The number of hydrogen-bond acceptors (Lipinski definition) is 5. The van der Waals surface area contributed by atoms with E-state index in [1.54, 1.807) is 18.2 Å². The molecular formula is C18H15BrN2O5. The van der Waals surface area contributed by atoms with Crippen LogP contribution < -0.4 is 5.32 Å². The second kappa shape index (κ2) is 6.69. The van der Waals surface area contributed by atoms with Crippen LogP contribution in [0.5, 0.6) is 0 Å². The molecule has 26 heavy (non-hydrogen) atoms. The maximum atomic E-state index is 12.6. The van der Waals surface area contributed by atoms with Crippen LogP contribution in [0.2, 0.25) is 0 Å². The molecule has 1 atom stereocenters. The van der Waals surface area contributed by atoms with Crippen molar-refractivity contribution < 1.29 is 23.5 Å². The summed E-state index contributed by atoms with van der Waals surface area (Å²) in [6.07, 6.45) is 1.68. The lowest BCUT2D eigenvalue weighted by atomic mass is 10.1. The minimum Gasteiger partial charge on any atom is -0.444 e. The van der Waals surface area contributed by atoms with E-state index in [0.29, 0.717) is 22.5 Å². The molecular weight excluding hydrogens is 404 g/mol. The van der Waals surface area contributed by atoms with Crippen molar-refractivity contribution in [2.24, 2.45) is 0 Å².